The molecule has 1 heteroatoms. The summed E-state index contributed by atoms with van der Waals surface area (Å²) in [6, 6.07) is 0. The van der Waals surface area contributed by atoms with E-state index >= 15 is 0 Å². The Morgan fingerprint density at radius 1 is 1.83 bits per heavy atom. The first-order valence-electron chi connectivity index (χ1n) is 1.99. The van der Waals surface area contributed by atoms with Gasteiger partial charge in [0.2, 0.25) is 0 Å². The molecule has 0 aromatic rings. The van der Waals surface area contributed by atoms with Gasteiger partial charge in [0.25, 0.3) is 0 Å². The average molecular weight is 85.1 g/mol. The van der Waals surface area contributed by atoms with E-state index in [-0.39, 0.29) is 0 Å². The second-order valence-corrected chi connectivity index (χ2v) is 1.04. The van der Waals surface area contributed by atoms with Crippen molar-refractivity contribution in [1.82, 2.24) is 0 Å². The molecule has 0 fully saturated rings. The largest absolute Gasteiger partial charge is 0.499 e. The van der Waals surface area contributed by atoms with Gasteiger partial charge >= 0.3 is 0 Å². The highest BCUT2D eigenvalue weighted by atomic mass is 16.5. The third-order valence-corrected chi connectivity index (χ3v) is 0.372. The van der Waals surface area contributed by atoms with E-state index in [0.29, 0.717) is 12.4 Å². The van der Waals surface area contributed by atoms with Gasteiger partial charge in [-0.2, -0.15) is 0 Å². The lowest BCUT2D eigenvalue weighted by atomic mass is 10.6. The molecule has 6 heavy (non-hydrogen) atoms. The maximum Gasteiger partial charge on any atom is 0.0929 e. The molecule has 0 saturated heterocycles. The molecule has 0 amide bonds. The number of rotatable bonds is 2. The van der Waals surface area contributed by atoms with Crippen molar-refractivity contribution in [1.29, 1.82) is 0 Å². The van der Waals surface area contributed by atoms with Crippen LogP contribution in [0.4, 0.5) is 0 Å². The van der Waals surface area contributed by atoms with Crippen LogP contribution in [0.25, 0.3) is 0 Å². The molecule has 0 N–H and O–H groups in total. The van der Waals surface area contributed by atoms with Crippen LogP contribution >= 0.6 is 0 Å². The molecule has 0 rings (SSSR count). The minimum atomic E-state index is 0.539. The quantitative estimate of drug-likeness (QED) is 0.460. The topological polar surface area (TPSA) is 9.23 Å². The van der Waals surface area contributed by atoms with Crippen molar-refractivity contribution in [2.24, 2.45) is 0 Å². The van der Waals surface area contributed by atoms with Crippen molar-refractivity contribution < 1.29 is 4.74 Å². The molecule has 0 unspecified atom stereocenters. The normalized spacial score (nSPS) is 7.67. The third kappa shape index (κ3) is 3.54. The first-order valence-corrected chi connectivity index (χ1v) is 1.99. The Balaban J connectivity index is 2.83. The van der Waals surface area contributed by atoms with Gasteiger partial charge in [-0.1, -0.05) is 0 Å². The zero-order chi connectivity index (χ0) is 4.99. The molecule has 0 aromatic heterocycles. The Bertz CT molecular complexity index is 47.9. The molecule has 0 saturated carbocycles. The zero-order valence-corrected chi connectivity index (χ0v) is 4.19. The van der Waals surface area contributed by atoms with Gasteiger partial charge in [0.1, 0.15) is 0 Å². The van der Waals surface area contributed by atoms with E-state index in [2.05, 4.69) is 0 Å². The minimum Gasteiger partial charge on any atom is -0.499 e. The summed E-state index contributed by atoms with van der Waals surface area (Å²) in [7, 11) is 0. The van der Waals surface area contributed by atoms with E-state index in [4.69, 9.17) is 11.3 Å². The molecule has 0 spiro atoms. The zero-order valence-electron chi connectivity index (χ0n) is 4.19. The SMILES string of the molecule is [CH]=C(C)OCC. The Labute approximate surface area is 38.6 Å². The molecule has 1 nitrogen and oxygen atoms in total. The molecular formula is C5H9O. The second kappa shape index (κ2) is 2.76. The predicted molar refractivity (Wildman–Crippen MR) is 25.1 cm³/mol. The lowest BCUT2D eigenvalue weighted by Crippen LogP contribution is -1.81. The number of allylic oxidation sites excluding steroid dienone is 1. The van der Waals surface area contributed by atoms with Crippen molar-refractivity contribution in [3.8, 4) is 0 Å². The smallest absolute Gasteiger partial charge is 0.0929 e. The molecule has 0 aromatic carbocycles. The molecule has 0 aliphatic carbocycles. The first kappa shape index (κ1) is 5.54. The Morgan fingerprint density at radius 2 is 2.33 bits per heavy atom. The van der Waals surface area contributed by atoms with Crippen molar-refractivity contribution in [3.63, 3.8) is 0 Å². The molecule has 0 bridgehead atoms. The average Bonchev–Trinajstić information content (AvgIpc) is 1.35. The summed E-state index contributed by atoms with van der Waals surface area (Å²) < 4.78 is 4.74. The van der Waals surface area contributed by atoms with E-state index in [1.54, 1.807) is 6.92 Å². The second-order valence-electron chi connectivity index (χ2n) is 1.04. The molecule has 0 heterocycles. The Kier molecular flexibility index (Phi) is 2.55. The van der Waals surface area contributed by atoms with Crippen LogP contribution in [-0.2, 0) is 4.74 Å². The van der Waals surface area contributed by atoms with Crippen molar-refractivity contribution in [2.45, 2.75) is 13.8 Å². The summed E-state index contributed by atoms with van der Waals surface area (Å²) in [6.45, 7) is 9.39. The number of hydrogen-bond donors (Lipinski definition) is 0. The van der Waals surface area contributed by atoms with Crippen LogP contribution in [-0.4, -0.2) is 6.61 Å². The highest BCUT2D eigenvalue weighted by Gasteiger charge is 1.73. The van der Waals surface area contributed by atoms with Gasteiger partial charge in [0, 0.05) is 0 Å². The van der Waals surface area contributed by atoms with Crippen LogP contribution in [0.3, 0.4) is 0 Å². The maximum atomic E-state index is 5.10. The summed E-state index contributed by atoms with van der Waals surface area (Å²) in [4.78, 5) is 0. The maximum absolute atomic E-state index is 5.10. The monoisotopic (exact) mass is 85.1 g/mol. The van der Waals surface area contributed by atoms with Crippen LogP contribution in [0.15, 0.2) is 5.76 Å². The number of ether oxygens (including phenoxy) is 1. The summed E-state index contributed by atoms with van der Waals surface area (Å²) >= 11 is 0. The van der Waals surface area contributed by atoms with E-state index in [1.165, 1.54) is 0 Å². The summed E-state index contributed by atoms with van der Waals surface area (Å²) in [5, 5.41) is 0. The standard InChI is InChI=1S/C5H9O/c1-4-6-5(2)3/h2H,4H2,1,3H3. The third-order valence-electron chi connectivity index (χ3n) is 0.372. The van der Waals surface area contributed by atoms with Crippen LogP contribution in [0.1, 0.15) is 13.8 Å². The van der Waals surface area contributed by atoms with Crippen molar-refractivity contribution >= 4 is 0 Å². The van der Waals surface area contributed by atoms with Crippen LogP contribution in [0.5, 0.6) is 0 Å². The first-order chi connectivity index (χ1) is 2.77. The van der Waals surface area contributed by atoms with E-state index in [0.717, 1.165) is 0 Å². The molecule has 35 valence electrons. The minimum absolute atomic E-state index is 0.539. The summed E-state index contributed by atoms with van der Waals surface area (Å²) in [6.07, 6.45) is 0. The van der Waals surface area contributed by atoms with Crippen molar-refractivity contribution in [2.75, 3.05) is 6.61 Å². The van der Waals surface area contributed by atoms with Gasteiger partial charge in [0.05, 0.1) is 12.4 Å². The van der Waals surface area contributed by atoms with E-state index < -0.39 is 0 Å². The van der Waals surface area contributed by atoms with E-state index in [1.807, 2.05) is 6.92 Å². The number of hydrogen-bond acceptors (Lipinski definition) is 1. The van der Waals surface area contributed by atoms with Crippen LogP contribution in [0, 0.1) is 6.58 Å². The molecule has 0 aliphatic heterocycles. The van der Waals surface area contributed by atoms with Gasteiger partial charge in [-0.3, -0.25) is 0 Å². The Hall–Kier alpha value is -0.460. The molecule has 0 aliphatic rings. The van der Waals surface area contributed by atoms with Crippen LogP contribution in [0.2, 0.25) is 0 Å². The molecular weight excluding hydrogens is 76.1 g/mol. The van der Waals surface area contributed by atoms with Gasteiger partial charge in [0.15, 0.2) is 0 Å². The lowest BCUT2D eigenvalue weighted by molar-refractivity contribution is 0.232. The van der Waals surface area contributed by atoms with Gasteiger partial charge in [-0.05, 0) is 20.4 Å². The van der Waals surface area contributed by atoms with Gasteiger partial charge in [-0.15, -0.1) is 0 Å². The molecule has 0 atom stereocenters. The highest BCUT2D eigenvalue weighted by Crippen LogP contribution is 1.85. The van der Waals surface area contributed by atoms with Crippen molar-refractivity contribution in [3.05, 3.63) is 12.3 Å². The van der Waals surface area contributed by atoms with Crippen LogP contribution < -0.4 is 0 Å². The lowest BCUT2D eigenvalue weighted by Gasteiger charge is -1.95. The predicted octanol–water partition coefficient (Wildman–Crippen LogP) is 1.36. The fourth-order valence-electron chi connectivity index (χ4n) is 0.228. The summed E-state index contributed by atoms with van der Waals surface area (Å²) in [5.74, 6) is 0.539. The highest BCUT2D eigenvalue weighted by molar-refractivity contribution is 4.67. The van der Waals surface area contributed by atoms with E-state index in [9.17, 15) is 0 Å². The Morgan fingerprint density at radius 3 is 2.33 bits per heavy atom. The fourth-order valence-corrected chi connectivity index (χ4v) is 0.228. The molecule has 1 radical (unpaired) electrons. The fraction of sp³-hybridized carbons (Fsp3) is 0.600. The summed E-state index contributed by atoms with van der Waals surface area (Å²) in [5.41, 5.74) is 0. The van der Waals surface area contributed by atoms with Gasteiger partial charge in [-0.25, -0.2) is 0 Å². The van der Waals surface area contributed by atoms with Gasteiger partial charge < -0.3 is 4.74 Å².